The lowest BCUT2D eigenvalue weighted by molar-refractivity contribution is -0.143. The van der Waals surface area contributed by atoms with E-state index in [0.29, 0.717) is 6.04 Å². The van der Waals surface area contributed by atoms with E-state index in [9.17, 15) is 9.90 Å². The van der Waals surface area contributed by atoms with Crippen molar-refractivity contribution in [1.82, 2.24) is 15.2 Å². The molecule has 2 atom stereocenters. The van der Waals surface area contributed by atoms with Gasteiger partial charge in [0, 0.05) is 31.4 Å². The highest BCUT2D eigenvalue weighted by Crippen LogP contribution is 2.30. The van der Waals surface area contributed by atoms with Gasteiger partial charge in [-0.1, -0.05) is 31.5 Å². The average molecular weight is 479 g/mol. The molecule has 1 aromatic carbocycles. The molecule has 190 valence electrons. The molecule has 2 unspecified atom stereocenters. The van der Waals surface area contributed by atoms with Crippen molar-refractivity contribution in [1.29, 1.82) is 0 Å². The molecule has 0 saturated carbocycles. The van der Waals surface area contributed by atoms with Crippen LogP contribution in [-0.4, -0.2) is 53.2 Å². The fourth-order valence-corrected chi connectivity index (χ4v) is 5.55. The van der Waals surface area contributed by atoms with Crippen LogP contribution in [0.3, 0.4) is 0 Å². The quantitative estimate of drug-likeness (QED) is 0.402. The first-order chi connectivity index (χ1) is 17.0. The molecule has 4 rings (SSSR count). The van der Waals surface area contributed by atoms with Gasteiger partial charge in [-0.3, -0.25) is 9.69 Å². The second-order valence-corrected chi connectivity index (χ2v) is 10.3. The van der Waals surface area contributed by atoms with E-state index in [0.717, 1.165) is 81.6 Å². The maximum Gasteiger partial charge on any atom is 0.325 e. The third kappa shape index (κ3) is 6.42. The van der Waals surface area contributed by atoms with Gasteiger partial charge in [0.15, 0.2) is 0 Å². The second kappa shape index (κ2) is 12.0. The number of likely N-dealkylation sites (tertiary alicyclic amines) is 1. The third-order valence-corrected chi connectivity index (χ3v) is 7.78. The predicted molar refractivity (Wildman–Crippen MR) is 142 cm³/mol. The van der Waals surface area contributed by atoms with Gasteiger partial charge in [-0.15, -0.1) is 0 Å². The predicted octanol–water partition coefficient (Wildman–Crippen LogP) is 4.82. The Labute approximate surface area is 210 Å². The lowest BCUT2D eigenvalue weighted by Gasteiger charge is -2.27. The zero-order valence-corrected chi connectivity index (χ0v) is 21.7. The van der Waals surface area contributed by atoms with Gasteiger partial charge in [-0.05, 0) is 99.2 Å². The van der Waals surface area contributed by atoms with Crippen LogP contribution in [-0.2, 0) is 24.1 Å². The summed E-state index contributed by atoms with van der Waals surface area (Å²) in [6.45, 7) is 9.90. The summed E-state index contributed by atoms with van der Waals surface area (Å²) in [5.41, 5.74) is 7.00. The van der Waals surface area contributed by atoms with Crippen molar-refractivity contribution >= 4 is 11.8 Å². The number of aliphatic carboxylic acids is 1. The first-order valence-corrected chi connectivity index (χ1v) is 13.5. The van der Waals surface area contributed by atoms with E-state index in [1.54, 1.807) is 0 Å². The average Bonchev–Trinajstić information content (AvgIpc) is 3.31. The van der Waals surface area contributed by atoms with Crippen LogP contribution in [0.15, 0.2) is 24.3 Å². The van der Waals surface area contributed by atoms with Crippen molar-refractivity contribution in [3.8, 4) is 0 Å². The highest BCUT2D eigenvalue weighted by atomic mass is 16.4. The summed E-state index contributed by atoms with van der Waals surface area (Å²) in [5, 5.41) is 17.2. The first-order valence-electron chi connectivity index (χ1n) is 13.5. The van der Waals surface area contributed by atoms with Crippen molar-refractivity contribution in [2.75, 3.05) is 31.5 Å². The fourth-order valence-electron chi connectivity index (χ4n) is 5.55. The molecule has 3 N–H and O–H groups in total. The Morgan fingerprint density at radius 1 is 1.26 bits per heavy atom. The van der Waals surface area contributed by atoms with E-state index in [1.807, 2.05) is 0 Å². The maximum atomic E-state index is 12.3. The number of nitrogens with one attached hydrogen (secondary N) is 2. The molecule has 1 saturated heterocycles. The largest absolute Gasteiger partial charge is 0.480 e. The molecular weight excluding hydrogens is 436 g/mol. The van der Waals surface area contributed by atoms with Crippen molar-refractivity contribution < 1.29 is 9.90 Å². The molecule has 2 aromatic rings. The van der Waals surface area contributed by atoms with Crippen LogP contribution >= 0.6 is 0 Å². The lowest BCUT2D eigenvalue weighted by Crippen LogP contribution is -2.37. The van der Waals surface area contributed by atoms with Crippen molar-refractivity contribution in [2.24, 2.45) is 0 Å². The Bertz CT molecular complexity index is 1020. The number of pyridine rings is 1. The number of aromatic nitrogens is 1. The number of benzene rings is 1. The summed E-state index contributed by atoms with van der Waals surface area (Å²) in [6, 6.07) is 8.52. The van der Waals surface area contributed by atoms with Crippen LogP contribution in [0.25, 0.3) is 0 Å². The molecule has 1 aromatic heterocycles. The molecule has 3 heterocycles. The first kappa shape index (κ1) is 25.6. The van der Waals surface area contributed by atoms with Gasteiger partial charge < -0.3 is 15.7 Å². The number of aryl methyl sites for hydroxylation is 4. The summed E-state index contributed by atoms with van der Waals surface area (Å²) in [5.74, 6) is 0.347. The zero-order chi connectivity index (χ0) is 24.8. The van der Waals surface area contributed by atoms with Crippen LogP contribution in [0, 0.1) is 13.8 Å². The van der Waals surface area contributed by atoms with E-state index >= 15 is 0 Å². The number of nitrogens with zero attached hydrogens (tertiary/aromatic N) is 2. The van der Waals surface area contributed by atoms with Gasteiger partial charge in [0.05, 0.1) is 0 Å². The standard InChI is InChI=1S/C29H42N4O2/c1-4-22-17-20(2)21(3)26(18-22)27(29(34)35)33-16-13-25(19-33)30-14-7-5-6-10-24-12-11-23-9-8-15-31-28(23)32-24/h11-12,17-18,25,27,30H,4-10,13-16,19H2,1-3H3,(H,31,32)(H,34,35). The number of rotatable bonds is 11. The normalized spacial score (nSPS) is 18.8. The summed E-state index contributed by atoms with van der Waals surface area (Å²) < 4.78 is 0. The minimum absolute atomic E-state index is 0.362. The van der Waals surface area contributed by atoms with E-state index < -0.39 is 12.0 Å². The number of unbranched alkanes of at least 4 members (excludes halogenated alkanes) is 2. The Morgan fingerprint density at radius 2 is 2.11 bits per heavy atom. The number of hydrogen-bond acceptors (Lipinski definition) is 5. The number of carboxylic acid groups (broad SMARTS) is 1. The van der Waals surface area contributed by atoms with Crippen LogP contribution in [0.5, 0.6) is 0 Å². The van der Waals surface area contributed by atoms with Crippen LogP contribution < -0.4 is 10.6 Å². The van der Waals surface area contributed by atoms with Gasteiger partial charge in [0.1, 0.15) is 11.9 Å². The van der Waals surface area contributed by atoms with E-state index in [-0.39, 0.29) is 0 Å². The Kier molecular flexibility index (Phi) is 8.79. The molecule has 0 radical (unpaired) electrons. The van der Waals surface area contributed by atoms with Crippen molar-refractivity contribution in [2.45, 2.75) is 84.2 Å². The van der Waals surface area contributed by atoms with Crippen LogP contribution in [0.2, 0.25) is 0 Å². The minimum Gasteiger partial charge on any atom is -0.480 e. The number of carboxylic acids is 1. The third-order valence-electron chi connectivity index (χ3n) is 7.78. The molecule has 1 fully saturated rings. The van der Waals surface area contributed by atoms with Crippen molar-refractivity contribution in [3.63, 3.8) is 0 Å². The number of fused-ring (bicyclic) bond motifs is 1. The SMILES string of the molecule is CCc1cc(C)c(C)c(C(C(=O)O)N2CCC(NCCCCCc3ccc4c(n3)NCCC4)C2)c1. The minimum atomic E-state index is -0.743. The zero-order valence-electron chi connectivity index (χ0n) is 21.7. The molecule has 6 heteroatoms. The molecule has 0 spiro atoms. The summed E-state index contributed by atoms with van der Waals surface area (Å²) in [7, 11) is 0. The molecule has 2 aliphatic rings. The van der Waals surface area contributed by atoms with Crippen molar-refractivity contribution in [3.05, 3.63) is 57.8 Å². The summed E-state index contributed by atoms with van der Waals surface area (Å²) >= 11 is 0. The fraction of sp³-hybridized carbons (Fsp3) is 0.586. The Hall–Kier alpha value is -2.44. The molecule has 2 aliphatic heterocycles. The van der Waals surface area contributed by atoms with Gasteiger partial charge in [0.25, 0.3) is 0 Å². The monoisotopic (exact) mass is 478 g/mol. The van der Waals surface area contributed by atoms with Gasteiger partial charge in [0.2, 0.25) is 0 Å². The smallest absolute Gasteiger partial charge is 0.325 e. The van der Waals surface area contributed by atoms with Crippen LogP contribution in [0.1, 0.15) is 78.6 Å². The second-order valence-electron chi connectivity index (χ2n) is 10.3. The summed E-state index contributed by atoms with van der Waals surface area (Å²) in [4.78, 5) is 19.3. The lowest BCUT2D eigenvalue weighted by atomic mass is 9.93. The van der Waals surface area contributed by atoms with Crippen LogP contribution in [0.4, 0.5) is 5.82 Å². The summed E-state index contributed by atoms with van der Waals surface area (Å²) in [6.07, 6.45) is 8.75. The Balaban J connectivity index is 1.22. The Morgan fingerprint density at radius 3 is 2.91 bits per heavy atom. The molecule has 0 aliphatic carbocycles. The van der Waals surface area contributed by atoms with Gasteiger partial charge in [-0.2, -0.15) is 0 Å². The van der Waals surface area contributed by atoms with E-state index in [4.69, 9.17) is 4.98 Å². The molecule has 6 nitrogen and oxygen atoms in total. The molecule has 0 amide bonds. The van der Waals surface area contributed by atoms with E-state index in [1.165, 1.54) is 35.2 Å². The van der Waals surface area contributed by atoms with Gasteiger partial charge >= 0.3 is 5.97 Å². The van der Waals surface area contributed by atoms with Gasteiger partial charge in [-0.25, -0.2) is 4.98 Å². The van der Waals surface area contributed by atoms with E-state index in [2.05, 4.69) is 60.6 Å². The maximum absolute atomic E-state index is 12.3. The molecule has 35 heavy (non-hydrogen) atoms. The highest BCUT2D eigenvalue weighted by Gasteiger charge is 2.34. The highest BCUT2D eigenvalue weighted by molar-refractivity contribution is 5.76. The number of hydrogen-bond donors (Lipinski definition) is 3. The molecule has 0 bridgehead atoms. The number of carbonyl (C=O) groups is 1. The topological polar surface area (TPSA) is 77.5 Å². The number of anilines is 1. The molecular formula is C29H42N4O2.